The molecule has 0 aliphatic carbocycles. The molecule has 0 saturated heterocycles. The van der Waals surface area contributed by atoms with Crippen LogP contribution in [0.3, 0.4) is 0 Å². The van der Waals surface area contributed by atoms with E-state index in [2.05, 4.69) is 20.8 Å². The first-order valence-electron chi connectivity index (χ1n) is 8.20. The Morgan fingerprint density at radius 3 is 1.42 bits per heavy atom. The molecule has 2 aromatic heterocycles. The van der Waals surface area contributed by atoms with Gasteiger partial charge in [-0.3, -0.25) is 9.36 Å². The first-order chi connectivity index (χ1) is 11.1. The monoisotopic (exact) mass is 332 g/mol. The minimum absolute atomic E-state index is 0.109. The van der Waals surface area contributed by atoms with Gasteiger partial charge in [0.25, 0.3) is 0 Å². The molecule has 2 atom stereocenters. The van der Waals surface area contributed by atoms with E-state index in [1.165, 1.54) is 0 Å². The number of nitrogens with zero attached hydrogens (tertiary/aromatic N) is 4. The highest BCUT2D eigenvalue weighted by Crippen LogP contribution is 2.22. The SMILES string of the molecule is Cc1nn(C)c(C)c1[C@H](C)NC(=O)N[C@H](C)c1c(C)nn(C)c1C. The molecule has 7 heteroatoms. The number of carbonyl (C=O) groups is 1. The Morgan fingerprint density at radius 2 is 1.17 bits per heavy atom. The first-order valence-corrected chi connectivity index (χ1v) is 8.20. The van der Waals surface area contributed by atoms with E-state index in [0.29, 0.717) is 0 Å². The lowest BCUT2D eigenvalue weighted by atomic mass is 10.1. The highest BCUT2D eigenvalue weighted by Gasteiger charge is 2.21. The van der Waals surface area contributed by atoms with Gasteiger partial charge in [0.05, 0.1) is 23.5 Å². The molecule has 0 saturated carbocycles. The van der Waals surface area contributed by atoms with Gasteiger partial charge in [0.1, 0.15) is 0 Å². The third-order valence-electron chi connectivity index (χ3n) is 4.69. The second-order valence-electron chi connectivity index (χ2n) is 6.48. The Labute approximate surface area is 143 Å². The molecule has 2 aromatic rings. The molecular formula is C17H28N6O. The normalized spacial score (nSPS) is 13.7. The summed E-state index contributed by atoms with van der Waals surface area (Å²) in [6.45, 7) is 11.9. The number of rotatable bonds is 4. The largest absolute Gasteiger partial charge is 0.331 e. The molecule has 0 aromatic carbocycles. The lowest BCUT2D eigenvalue weighted by molar-refractivity contribution is 0.235. The second kappa shape index (κ2) is 6.67. The molecule has 2 amide bonds. The average molecular weight is 332 g/mol. The molecule has 2 heterocycles. The number of nitrogens with one attached hydrogen (secondary N) is 2. The molecule has 0 fully saturated rings. The average Bonchev–Trinajstić information content (AvgIpc) is 2.85. The maximum Gasteiger partial charge on any atom is 0.315 e. The van der Waals surface area contributed by atoms with Crippen molar-refractivity contribution in [2.45, 2.75) is 53.6 Å². The molecule has 0 aliphatic rings. The summed E-state index contributed by atoms with van der Waals surface area (Å²) in [5.74, 6) is 0. The van der Waals surface area contributed by atoms with Gasteiger partial charge >= 0.3 is 6.03 Å². The lowest BCUT2D eigenvalue weighted by Crippen LogP contribution is -2.39. The summed E-state index contributed by atoms with van der Waals surface area (Å²) in [4.78, 5) is 12.4. The Morgan fingerprint density at radius 1 is 0.833 bits per heavy atom. The molecule has 0 bridgehead atoms. The number of amides is 2. The lowest BCUT2D eigenvalue weighted by Gasteiger charge is -2.19. The van der Waals surface area contributed by atoms with E-state index in [4.69, 9.17) is 0 Å². The maximum absolute atomic E-state index is 12.4. The van der Waals surface area contributed by atoms with Gasteiger partial charge < -0.3 is 10.6 Å². The van der Waals surface area contributed by atoms with Gasteiger partial charge in [-0.2, -0.15) is 10.2 Å². The minimum Gasteiger partial charge on any atom is -0.331 e. The van der Waals surface area contributed by atoms with Gasteiger partial charge in [-0.1, -0.05) is 0 Å². The Kier molecular flexibility index (Phi) is 5.01. The van der Waals surface area contributed by atoms with Crippen LogP contribution in [-0.2, 0) is 14.1 Å². The maximum atomic E-state index is 12.4. The Hall–Kier alpha value is -2.31. The number of carbonyl (C=O) groups excluding carboxylic acids is 1. The number of hydrogen-bond acceptors (Lipinski definition) is 3. The second-order valence-corrected chi connectivity index (χ2v) is 6.48. The summed E-state index contributed by atoms with van der Waals surface area (Å²) in [5.41, 5.74) is 6.13. The van der Waals surface area contributed by atoms with E-state index in [-0.39, 0.29) is 18.1 Å². The Balaban J connectivity index is 2.07. The van der Waals surface area contributed by atoms with Crippen molar-refractivity contribution in [3.05, 3.63) is 33.9 Å². The highest BCUT2D eigenvalue weighted by atomic mass is 16.2. The Bertz CT molecular complexity index is 695. The van der Waals surface area contributed by atoms with Crippen LogP contribution >= 0.6 is 0 Å². The van der Waals surface area contributed by atoms with Gasteiger partial charge in [0.2, 0.25) is 0 Å². The van der Waals surface area contributed by atoms with E-state index < -0.39 is 0 Å². The number of aryl methyl sites for hydroxylation is 4. The number of urea groups is 1. The van der Waals surface area contributed by atoms with Crippen molar-refractivity contribution in [3.8, 4) is 0 Å². The molecule has 7 nitrogen and oxygen atoms in total. The van der Waals surface area contributed by atoms with Crippen LogP contribution in [0.25, 0.3) is 0 Å². The zero-order valence-electron chi connectivity index (χ0n) is 15.9. The zero-order valence-corrected chi connectivity index (χ0v) is 15.9. The van der Waals surface area contributed by atoms with E-state index in [1.807, 2.05) is 65.0 Å². The summed E-state index contributed by atoms with van der Waals surface area (Å²) < 4.78 is 3.68. The van der Waals surface area contributed by atoms with Crippen LogP contribution in [0.15, 0.2) is 0 Å². The third kappa shape index (κ3) is 3.29. The quantitative estimate of drug-likeness (QED) is 0.903. The van der Waals surface area contributed by atoms with Gasteiger partial charge in [-0.15, -0.1) is 0 Å². The smallest absolute Gasteiger partial charge is 0.315 e. The van der Waals surface area contributed by atoms with Gasteiger partial charge in [0, 0.05) is 36.6 Å². The fourth-order valence-corrected chi connectivity index (χ4v) is 3.41. The van der Waals surface area contributed by atoms with Crippen LogP contribution in [0.1, 0.15) is 59.8 Å². The van der Waals surface area contributed by atoms with Crippen molar-refractivity contribution in [1.82, 2.24) is 30.2 Å². The van der Waals surface area contributed by atoms with Crippen molar-refractivity contribution in [1.29, 1.82) is 0 Å². The predicted molar refractivity (Wildman–Crippen MR) is 93.9 cm³/mol. The zero-order chi connectivity index (χ0) is 18.2. The molecular weight excluding hydrogens is 304 g/mol. The number of aromatic nitrogens is 4. The van der Waals surface area contributed by atoms with Gasteiger partial charge in [-0.25, -0.2) is 4.79 Å². The summed E-state index contributed by atoms with van der Waals surface area (Å²) >= 11 is 0. The van der Waals surface area contributed by atoms with Crippen molar-refractivity contribution in [2.75, 3.05) is 0 Å². The van der Waals surface area contributed by atoms with E-state index in [9.17, 15) is 4.79 Å². The van der Waals surface area contributed by atoms with Crippen LogP contribution < -0.4 is 10.6 Å². The topological polar surface area (TPSA) is 76.8 Å². The van der Waals surface area contributed by atoms with Crippen LogP contribution in [0, 0.1) is 27.7 Å². The van der Waals surface area contributed by atoms with E-state index >= 15 is 0 Å². The third-order valence-corrected chi connectivity index (χ3v) is 4.69. The molecule has 0 spiro atoms. The minimum atomic E-state index is -0.194. The number of hydrogen-bond donors (Lipinski definition) is 2. The predicted octanol–water partition coefficient (Wildman–Crippen LogP) is 2.51. The first kappa shape index (κ1) is 18.0. The molecule has 24 heavy (non-hydrogen) atoms. The molecule has 0 radical (unpaired) electrons. The van der Waals surface area contributed by atoms with Crippen molar-refractivity contribution in [2.24, 2.45) is 14.1 Å². The standard InChI is InChI=1S/C17H28N6O/c1-9(15-11(3)20-22(7)13(15)5)18-17(24)19-10(2)16-12(4)21-23(8)14(16)6/h9-10H,1-8H3,(H2,18,19,24)/t9-,10+. The summed E-state index contributed by atoms with van der Waals surface area (Å²) in [7, 11) is 3.82. The molecule has 2 N–H and O–H groups in total. The van der Waals surface area contributed by atoms with Crippen molar-refractivity contribution < 1.29 is 4.79 Å². The summed E-state index contributed by atoms with van der Waals surface area (Å²) in [6, 6.07) is -0.413. The summed E-state index contributed by atoms with van der Waals surface area (Å²) in [6.07, 6.45) is 0. The van der Waals surface area contributed by atoms with Crippen LogP contribution in [0.5, 0.6) is 0 Å². The fraction of sp³-hybridized carbons (Fsp3) is 0.588. The fourth-order valence-electron chi connectivity index (χ4n) is 3.41. The molecule has 0 aliphatic heterocycles. The molecule has 2 rings (SSSR count). The van der Waals surface area contributed by atoms with Gasteiger partial charge in [-0.05, 0) is 41.5 Å². The van der Waals surface area contributed by atoms with Gasteiger partial charge in [0.15, 0.2) is 0 Å². The van der Waals surface area contributed by atoms with E-state index in [1.54, 1.807) is 0 Å². The van der Waals surface area contributed by atoms with E-state index in [0.717, 1.165) is 33.9 Å². The summed E-state index contributed by atoms with van der Waals surface area (Å²) in [5, 5.41) is 14.8. The van der Waals surface area contributed by atoms with Crippen molar-refractivity contribution >= 4 is 6.03 Å². The molecule has 0 unspecified atom stereocenters. The van der Waals surface area contributed by atoms with Crippen LogP contribution in [0.2, 0.25) is 0 Å². The van der Waals surface area contributed by atoms with Crippen LogP contribution in [0.4, 0.5) is 4.79 Å². The van der Waals surface area contributed by atoms with Crippen molar-refractivity contribution in [3.63, 3.8) is 0 Å². The molecule has 132 valence electrons. The van der Waals surface area contributed by atoms with Crippen LogP contribution in [-0.4, -0.2) is 25.6 Å². The highest BCUT2D eigenvalue weighted by molar-refractivity contribution is 5.75.